The Morgan fingerprint density at radius 2 is 1.97 bits per heavy atom. The molecule has 3 aromatic rings. The van der Waals surface area contributed by atoms with E-state index in [4.69, 9.17) is 4.74 Å². The summed E-state index contributed by atoms with van der Waals surface area (Å²) in [5.41, 5.74) is 4.51. The van der Waals surface area contributed by atoms with Crippen LogP contribution >= 0.6 is 11.3 Å². The Hall–Kier alpha value is -2.86. The molecule has 150 valence electrons. The number of thiophene rings is 1. The number of rotatable bonds is 4. The zero-order chi connectivity index (χ0) is 20.5. The largest absolute Gasteiger partial charge is 0.462 e. The molecule has 1 amide bonds. The van der Waals surface area contributed by atoms with Crippen LogP contribution in [0, 0.1) is 13.8 Å². The summed E-state index contributed by atoms with van der Waals surface area (Å²) in [6, 6.07) is 12.1. The number of amides is 1. The number of carbonyl (C=O) groups is 2. The molecule has 0 bridgehead atoms. The van der Waals surface area contributed by atoms with Crippen LogP contribution in [0.1, 0.15) is 61.1 Å². The molecule has 1 N–H and O–H groups in total. The van der Waals surface area contributed by atoms with Gasteiger partial charge >= 0.3 is 5.97 Å². The molecule has 0 aliphatic carbocycles. The van der Waals surface area contributed by atoms with E-state index in [0.717, 1.165) is 12.0 Å². The summed E-state index contributed by atoms with van der Waals surface area (Å²) in [5, 5.41) is 2.09. The van der Waals surface area contributed by atoms with Crippen molar-refractivity contribution in [3.63, 3.8) is 0 Å². The zero-order valence-electron chi connectivity index (χ0n) is 16.8. The average Bonchev–Trinajstić information content (AvgIpc) is 3.31. The second-order valence-electron chi connectivity index (χ2n) is 7.21. The van der Waals surface area contributed by atoms with E-state index < -0.39 is 5.97 Å². The summed E-state index contributed by atoms with van der Waals surface area (Å²) >= 11 is 1.75. The van der Waals surface area contributed by atoms with Crippen molar-refractivity contribution < 1.29 is 14.3 Å². The van der Waals surface area contributed by atoms with E-state index in [1.807, 2.05) is 23.1 Å². The van der Waals surface area contributed by atoms with Crippen molar-refractivity contribution >= 4 is 23.2 Å². The van der Waals surface area contributed by atoms with E-state index >= 15 is 0 Å². The summed E-state index contributed by atoms with van der Waals surface area (Å²) in [6.07, 6.45) is 0.839. The fourth-order valence-corrected chi connectivity index (χ4v) is 5.05. The number of hydrogen-bond acceptors (Lipinski definition) is 4. The predicted molar refractivity (Wildman–Crippen MR) is 114 cm³/mol. The highest BCUT2D eigenvalue weighted by Crippen LogP contribution is 2.38. The summed E-state index contributed by atoms with van der Waals surface area (Å²) < 4.78 is 5.17. The van der Waals surface area contributed by atoms with Crippen LogP contribution in [0.2, 0.25) is 0 Å². The van der Waals surface area contributed by atoms with Crippen LogP contribution in [-0.2, 0) is 11.2 Å². The molecule has 4 rings (SSSR count). The van der Waals surface area contributed by atoms with Crippen LogP contribution < -0.4 is 0 Å². The molecule has 0 spiro atoms. The Bertz CT molecular complexity index is 1050. The maximum atomic E-state index is 13.6. The molecule has 0 fully saturated rings. The highest BCUT2D eigenvalue weighted by molar-refractivity contribution is 7.10. The molecule has 3 heterocycles. The summed E-state index contributed by atoms with van der Waals surface area (Å²) in [5.74, 6) is -0.483. The molecular weight excluding hydrogens is 384 g/mol. The monoisotopic (exact) mass is 408 g/mol. The summed E-state index contributed by atoms with van der Waals surface area (Å²) in [6.45, 7) is 6.32. The number of H-pyrrole nitrogens is 1. The first-order valence-electron chi connectivity index (χ1n) is 9.81. The maximum Gasteiger partial charge on any atom is 0.340 e. The van der Waals surface area contributed by atoms with Crippen molar-refractivity contribution in [3.8, 4) is 0 Å². The first-order chi connectivity index (χ1) is 14.0. The number of esters is 1. The van der Waals surface area contributed by atoms with Crippen LogP contribution in [0.3, 0.4) is 0 Å². The fraction of sp³-hybridized carbons (Fsp3) is 0.304. The highest BCUT2D eigenvalue weighted by atomic mass is 32.1. The van der Waals surface area contributed by atoms with Crippen molar-refractivity contribution in [2.75, 3.05) is 13.2 Å². The third-order valence-corrected chi connectivity index (χ3v) is 6.47. The van der Waals surface area contributed by atoms with Crippen LogP contribution in [0.25, 0.3) is 0 Å². The van der Waals surface area contributed by atoms with Gasteiger partial charge in [-0.15, -0.1) is 11.3 Å². The number of benzene rings is 1. The normalized spacial score (nSPS) is 15.8. The smallest absolute Gasteiger partial charge is 0.340 e. The Kier molecular flexibility index (Phi) is 5.28. The molecule has 5 nitrogen and oxygen atoms in total. The van der Waals surface area contributed by atoms with E-state index in [1.165, 1.54) is 10.4 Å². The third-order valence-electron chi connectivity index (χ3n) is 5.47. The molecule has 29 heavy (non-hydrogen) atoms. The Balaban J connectivity index is 1.75. The van der Waals surface area contributed by atoms with Gasteiger partial charge in [0.25, 0.3) is 5.91 Å². The molecule has 0 radical (unpaired) electrons. The van der Waals surface area contributed by atoms with Gasteiger partial charge < -0.3 is 14.6 Å². The lowest BCUT2D eigenvalue weighted by Gasteiger charge is -2.36. The molecule has 0 saturated carbocycles. The lowest BCUT2D eigenvalue weighted by atomic mass is 9.93. The number of aromatic amines is 1. The minimum atomic E-state index is -0.392. The van der Waals surface area contributed by atoms with Crippen LogP contribution in [-0.4, -0.2) is 34.9 Å². The van der Waals surface area contributed by atoms with Gasteiger partial charge in [0.05, 0.1) is 18.2 Å². The SMILES string of the molecule is CCOC(=O)c1c(C)[nH]c(C(=O)N2CCc3sccc3[C@@H]2c2ccccc2)c1C. The minimum Gasteiger partial charge on any atom is -0.462 e. The van der Waals surface area contributed by atoms with Crippen LogP contribution in [0.15, 0.2) is 41.8 Å². The number of ether oxygens (including phenoxy) is 1. The van der Waals surface area contributed by atoms with Crippen molar-refractivity contribution in [2.24, 2.45) is 0 Å². The molecular formula is C23H24N2O3S. The van der Waals surface area contributed by atoms with Gasteiger partial charge in [-0.2, -0.15) is 0 Å². The van der Waals surface area contributed by atoms with Gasteiger partial charge in [0.1, 0.15) is 5.69 Å². The van der Waals surface area contributed by atoms with Gasteiger partial charge in [0, 0.05) is 17.1 Å². The number of aromatic nitrogens is 1. The molecule has 0 saturated heterocycles. The van der Waals surface area contributed by atoms with Crippen LogP contribution in [0.5, 0.6) is 0 Å². The van der Waals surface area contributed by atoms with Gasteiger partial charge in [-0.3, -0.25) is 4.79 Å². The topological polar surface area (TPSA) is 62.4 Å². The standard InChI is InChI=1S/C23H24N2O3S/c1-4-28-23(27)19-14(2)20(24-15(19)3)22(26)25-12-10-18-17(11-13-29-18)21(25)16-8-6-5-7-9-16/h5-9,11,13,21,24H,4,10,12H2,1-3H3/t21-/m0/s1. The van der Waals surface area contributed by atoms with E-state index in [1.54, 1.807) is 32.1 Å². The van der Waals surface area contributed by atoms with Crippen molar-refractivity contribution in [1.82, 2.24) is 9.88 Å². The van der Waals surface area contributed by atoms with Crippen molar-refractivity contribution in [3.05, 3.63) is 80.3 Å². The molecule has 1 aromatic carbocycles. The minimum absolute atomic E-state index is 0.0909. The second kappa shape index (κ2) is 7.87. The van der Waals surface area contributed by atoms with Gasteiger partial charge in [-0.25, -0.2) is 4.79 Å². The first kappa shape index (κ1) is 19.5. The molecule has 2 aromatic heterocycles. The number of fused-ring (bicyclic) bond motifs is 1. The average molecular weight is 409 g/mol. The predicted octanol–water partition coefficient (Wildman–Crippen LogP) is 4.66. The summed E-state index contributed by atoms with van der Waals surface area (Å²) in [4.78, 5) is 32.4. The lowest BCUT2D eigenvalue weighted by molar-refractivity contribution is 0.0525. The highest BCUT2D eigenvalue weighted by Gasteiger charge is 2.35. The van der Waals surface area contributed by atoms with Gasteiger partial charge in [0.15, 0.2) is 0 Å². The Morgan fingerprint density at radius 1 is 1.21 bits per heavy atom. The number of hydrogen-bond donors (Lipinski definition) is 1. The van der Waals surface area contributed by atoms with E-state index in [2.05, 4.69) is 28.6 Å². The number of carbonyl (C=O) groups excluding carboxylic acids is 2. The van der Waals surface area contributed by atoms with Crippen molar-refractivity contribution in [1.29, 1.82) is 0 Å². The first-order valence-corrected chi connectivity index (χ1v) is 10.7. The van der Waals surface area contributed by atoms with Gasteiger partial charge in [-0.1, -0.05) is 30.3 Å². The second-order valence-corrected chi connectivity index (χ2v) is 8.21. The van der Waals surface area contributed by atoms with Crippen LogP contribution in [0.4, 0.5) is 0 Å². The van der Waals surface area contributed by atoms with E-state index in [9.17, 15) is 9.59 Å². The number of nitrogens with zero attached hydrogens (tertiary/aromatic N) is 1. The molecule has 0 unspecified atom stereocenters. The third kappa shape index (κ3) is 3.38. The number of aryl methyl sites for hydroxylation is 1. The quantitative estimate of drug-likeness (QED) is 0.639. The summed E-state index contributed by atoms with van der Waals surface area (Å²) in [7, 11) is 0. The molecule has 1 aliphatic heterocycles. The Morgan fingerprint density at radius 3 is 2.69 bits per heavy atom. The van der Waals surface area contributed by atoms with E-state index in [-0.39, 0.29) is 11.9 Å². The Labute approximate surface area is 174 Å². The molecule has 1 atom stereocenters. The molecule has 1 aliphatic rings. The molecule has 6 heteroatoms. The maximum absolute atomic E-state index is 13.6. The lowest BCUT2D eigenvalue weighted by Crippen LogP contribution is -2.40. The van der Waals surface area contributed by atoms with E-state index in [0.29, 0.717) is 35.7 Å². The zero-order valence-corrected chi connectivity index (χ0v) is 17.6. The van der Waals surface area contributed by atoms with Crippen molar-refractivity contribution in [2.45, 2.75) is 33.2 Å². The fourth-order valence-electron chi connectivity index (χ4n) is 4.15. The number of nitrogens with one attached hydrogen (secondary N) is 1. The van der Waals surface area contributed by atoms with Gasteiger partial charge in [-0.05, 0) is 55.3 Å². The van der Waals surface area contributed by atoms with Gasteiger partial charge in [0.2, 0.25) is 0 Å².